The van der Waals surface area contributed by atoms with E-state index in [0.29, 0.717) is 16.8 Å². The van der Waals surface area contributed by atoms with Gasteiger partial charge in [-0.1, -0.05) is 103 Å². The number of carbonyl (C=O) groups excluding carboxylic acids is 1. The molecular formula is C33H27NO2. The maximum absolute atomic E-state index is 14.1. The topological polar surface area (TPSA) is 40.5 Å². The fourth-order valence-corrected chi connectivity index (χ4v) is 4.50. The lowest BCUT2D eigenvalue weighted by molar-refractivity contribution is 0.104. The summed E-state index contributed by atoms with van der Waals surface area (Å²) in [6.45, 7) is 2.05. The summed E-state index contributed by atoms with van der Waals surface area (Å²) in [6, 6.07) is 39.1. The average Bonchev–Trinajstić information content (AvgIpc) is 2.93. The van der Waals surface area contributed by atoms with E-state index in [1.54, 1.807) is 12.1 Å². The predicted octanol–water partition coefficient (Wildman–Crippen LogP) is 8.03. The smallest absolute Gasteiger partial charge is 0.195 e. The number of phenols is 1. The summed E-state index contributed by atoms with van der Waals surface area (Å²) in [5, 5.41) is 10.7. The largest absolute Gasteiger partial charge is 0.506 e. The molecule has 3 heteroatoms. The van der Waals surface area contributed by atoms with Crippen LogP contribution in [-0.4, -0.2) is 17.9 Å². The summed E-state index contributed by atoms with van der Waals surface area (Å²) < 4.78 is 0. The van der Waals surface area contributed by atoms with Crippen LogP contribution in [0.3, 0.4) is 0 Å². The molecule has 0 heterocycles. The van der Waals surface area contributed by atoms with Gasteiger partial charge in [-0.05, 0) is 53.4 Å². The Morgan fingerprint density at radius 3 is 1.92 bits per heavy atom. The Bertz CT molecular complexity index is 1510. The quantitative estimate of drug-likeness (QED) is 0.256. The highest BCUT2D eigenvalue weighted by Crippen LogP contribution is 2.41. The van der Waals surface area contributed by atoms with Crippen molar-refractivity contribution in [1.29, 1.82) is 0 Å². The fourth-order valence-electron chi connectivity index (χ4n) is 4.50. The lowest BCUT2D eigenvalue weighted by Crippen LogP contribution is -2.16. The van der Waals surface area contributed by atoms with Crippen molar-refractivity contribution in [2.75, 3.05) is 11.9 Å². The Labute approximate surface area is 211 Å². The van der Waals surface area contributed by atoms with Crippen molar-refractivity contribution in [1.82, 2.24) is 0 Å². The highest BCUT2D eigenvalue weighted by Gasteiger charge is 2.24. The third-order valence-corrected chi connectivity index (χ3v) is 6.45. The SMILES string of the molecule is Cc1ccc(-c2cc(-c3ccccc3)cc(N(C)c3ccccc3O)c2C(=O)c2ccccc2)cc1. The van der Waals surface area contributed by atoms with Gasteiger partial charge in [0, 0.05) is 12.6 Å². The molecular weight excluding hydrogens is 442 g/mol. The first-order valence-corrected chi connectivity index (χ1v) is 11.9. The number of benzene rings is 5. The minimum Gasteiger partial charge on any atom is -0.506 e. The third-order valence-electron chi connectivity index (χ3n) is 6.45. The number of hydrogen-bond acceptors (Lipinski definition) is 3. The van der Waals surface area contributed by atoms with Crippen LogP contribution in [0.4, 0.5) is 11.4 Å². The molecule has 176 valence electrons. The number of aryl methyl sites for hydroxylation is 1. The second-order valence-corrected chi connectivity index (χ2v) is 8.89. The van der Waals surface area contributed by atoms with Crippen LogP contribution in [0.1, 0.15) is 21.5 Å². The molecule has 5 aromatic rings. The maximum atomic E-state index is 14.1. The summed E-state index contributed by atoms with van der Waals surface area (Å²) in [4.78, 5) is 16.0. The van der Waals surface area contributed by atoms with Gasteiger partial charge in [-0.15, -0.1) is 0 Å². The molecule has 5 aromatic carbocycles. The zero-order valence-corrected chi connectivity index (χ0v) is 20.3. The number of nitrogens with zero attached hydrogens (tertiary/aromatic N) is 1. The van der Waals surface area contributed by atoms with E-state index in [1.165, 1.54) is 0 Å². The molecule has 5 rings (SSSR count). The monoisotopic (exact) mass is 469 g/mol. The molecule has 1 N–H and O–H groups in total. The van der Waals surface area contributed by atoms with Gasteiger partial charge in [0.2, 0.25) is 0 Å². The molecule has 0 aliphatic heterocycles. The summed E-state index contributed by atoms with van der Waals surface area (Å²) >= 11 is 0. The predicted molar refractivity (Wildman–Crippen MR) is 148 cm³/mol. The maximum Gasteiger partial charge on any atom is 0.195 e. The first kappa shape index (κ1) is 23.1. The first-order chi connectivity index (χ1) is 17.5. The van der Waals surface area contributed by atoms with Crippen LogP contribution in [0, 0.1) is 6.92 Å². The fraction of sp³-hybridized carbons (Fsp3) is 0.0606. The van der Waals surface area contributed by atoms with Crippen molar-refractivity contribution in [3.8, 4) is 28.0 Å². The average molecular weight is 470 g/mol. The molecule has 0 unspecified atom stereocenters. The van der Waals surface area contributed by atoms with Crippen molar-refractivity contribution in [3.63, 3.8) is 0 Å². The van der Waals surface area contributed by atoms with Gasteiger partial charge >= 0.3 is 0 Å². The van der Waals surface area contributed by atoms with E-state index >= 15 is 0 Å². The van der Waals surface area contributed by atoms with Gasteiger partial charge in [0.15, 0.2) is 5.78 Å². The van der Waals surface area contributed by atoms with Crippen LogP contribution in [0.2, 0.25) is 0 Å². The molecule has 0 saturated heterocycles. The van der Waals surface area contributed by atoms with Gasteiger partial charge in [-0.25, -0.2) is 0 Å². The van der Waals surface area contributed by atoms with Crippen molar-refractivity contribution in [2.24, 2.45) is 0 Å². The molecule has 0 aliphatic rings. The van der Waals surface area contributed by atoms with Gasteiger partial charge in [-0.2, -0.15) is 0 Å². The second-order valence-electron chi connectivity index (χ2n) is 8.89. The van der Waals surface area contributed by atoms with Crippen LogP contribution in [0.5, 0.6) is 5.75 Å². The molecule has 3 nitrogen and oxygen atoms in total. The molecule has 0 bridgehead atoms. The molecule has 0 amide bonds. The number of carbonyl (C=O) groups is 1. The van der Waals surface area contributed by atoms with Crippen LogP contribution in [0.15, 0.2) is 121 Å². The van der Waals surface area contributed by atoms with Gasteiger partial charge in [-0.3, -0.25) is 4.79 Å². The number of hydrogen-bond donors (Lipinski definition) is 1. The summed E-state index contributed by atoms with van der Waals surface area (Å²) in [6.07, 6.45) is 0. The van der Waals surface area contributed by atoms with Crippen molar-refractivity contribution >= 4 is 17.2 Å². The summed E-state index contributed by atoms with van der Waals surface area (Å²) in [7, 11) is 1.89. The standard InChI is InChI=1S/C33H27NO2/c1-23-17-19-25(20-18-23)28-21-27(24-11-5-3-6-12-24)22-30(34(2)29-15-9-10-16-31(29)35)32(28)33(36)26-13-7-4-8-14-26/h3-22,35H,1-2H3. The van der Waals surface area contributed by atoms with Gasteiger partial charge in [0.05, 0.1) is 16.9 Å². The summed E-state index contributed by atoms with van der Waals surface area (Å²) in [5.74, 6) is 0.0863. The van der Waals surface area contributed by atoms with Crippen molar-refractivity contribution in [2.45, 2.75) is 6.92 Å². The molecule has 0 saturated carbocycles. The number of aromatic hydroxyl groups is 1. The number of anilines is 2. The van der Waals surface area contributed by atoms with E-state index < -0.39 is 0 Å². The highest BCUT2D eigenvalue weighted by molar-refractivity contribution is 6.17. The Balaban J connectivity index is 1.84. The van der Waals surface area contributed by atoms with Gasteiger partial charge < -0.3 is 10.0 Å². The molecule has 0 radical (unpaired) electrons. The van der Waals surface area contributed by atoms with Crippen LogP contribution >= 0.6 is 0 Å². The van der Waals surface area contributed by atoms with Crippen LogP contribution in [0.25, 0.3) is 22.3 Å². The van der Waals surface area contributed by atoms with Gasteiger partial charge in [0.25, 0.3) is 0 Å². The van der Waals surface area contributed by atoms with E-state index in [4.69, 9.17) is 0 Å². The van der Waals surface area contributed by atoms with E-state index in [-0.39, 0.29) is 11.5 Å². The Morgan fingerprint density at radius 2 is 1.25 bits per heavy atom. The van der Waals surface area contributed by atoms with E-state index in [9.17, 15) is 9.90 Å². The molecule has 0 fully saturated rings. The van der Waals surface area contributed by atoms with E-state index in [2.05, 4.69) is 49.4 Å². The van der Waals surface area contributed by atoms with Crippen molar-refractivity contribution < 1.29 is 9.90 Å². The normalized spacial score (nSPS) is 10.7. The van der Waals surface area contributed by atoms with Crippen molar-refractivity contribution in [3.05, 3.63) is 138 Å². The van der Waals surface area contributed by atoms with Crippen LogP contribution < -0.4 is 4.90 Å². The zero-order valence-electron chi connectivity index (χ0n) is 20.3. The minimum absolute atomic E-state index is 0.0666. The minimum atomic E-state index is -0.0666. The Morgan fingerprint density at radius 1 is 0.639 bits per heavy atom. The lowest BCUT2D eigenvalue weighted by atomic mass is 9.88. The highest BCUT2D eigenvalue weighted by atomic mass is 16.3. The Kier molecular flexibility index (Phi) is 6.38. The number of rotatable bonds is 6. The summed E-state index contributed by atoms with van der Waals surface area (Å²) in [5.41, 5.74) is 7.57. The molecule has 0 atom stereocenters. The third kappa shape index (κ3) is 4.51. The van der Waals surface area contributed by atoms with E-state index in [1.807, 2.05) is 78.7 Å². The number of ketones is 1. The number of phenolic OH excluding ortho intramolecular Hbond substituents is 1. The lowest BCUT2D eigenvalue weighted by Gasteiger charge is -2.26. The molecule has 0 spiro atoms. The zero-order chi connectivity index (χ0) is 25.1. The molecule has 0 aliphatic carbocycles. The Hall–Kier alpha value is -4.63. The number of para-hydroxylation sites is 2. The van der Waals surface area contributed by atoms with Gasteiger partial charge in [0.1, 0.15) is 5.75 Å². The van der Waals surface area contributed by atoms with E-state index in [0.717, 1.165) is 33.5 Å². The first-order valence-electron chi connectivity index (χ1n) is 11.9. The second kappa shape index (κ2) is 9.93. The molecule has 36 heavy (non-hydrogen) atoms. The van der Waals surface area contributed by atoms with Crippen LogP contribution in [-0.2, 0) is 0 Å². The molecule has 0 aromatic heterocycles.